The number of carbonyl (C=O) groups is 1. The monoisotopic (exact) mass is 225 g/mol. The summed E-state index contributed by atoms with van der Waals surface area (Å²) in [5.41, 5.74) is 0.981. The summed E-state index contributed by atoms with van der Waals surface area (Å²) in [5, 5.41) is 8.74. The van der Waals surface area contributed by atoms with Crippen LogP contribution in [0.15, 0.2) is 18.0 Å². The van der Waals surface area contributed by atoms with Gasteiger partial charge < -0.3 is 10.6 Å². The fourth-order valence-electron chi connectivity index (χ4n) is 1.04. The Labute approximate surface area is 93.4 Å². The van der Waals surface area contributed by atoms with Crippen LogP contribution in [0.3, 0.4) is 0 Å². The van der Waals surface area contributed by atoms with Gasteiger partial charge in [-0.25, -0.2) is 4.98 Å². The summed E-state index contributed by atoms with van der Waals surface area (Å²) in [4.78, 5) is 15.4. The first-order valence-electron chi connectivity index (χ1n) is 4.71. The highest BCUT2D eigenvalue weighted by molar-refractivity contribution is 7.09. The van der Waals surface area contributed by atoms with E-state index in [1.54, 1.807) is 17.4 Å². The van der Waals surface area contributed by atoms with Gasteiger partial charge in [0.15, 0.2) is 0 Å². The van der Waals surface area contributed by atoms with Crippen molar-refractivity contribution in [2.24, 2.45) is 0 Å². The summed E-state index contributed by atoms with van der Waals surface area (Å²) < 4.78 is 0. The van der Waals surface area contributed by atoms with Gasteiger partial charge >= 0.3 is 0 Å². The first-order valence-corrected chi connectivity index (χ1v) is 5.59. The van der Waals surface area contributed by atoms with Crippen molar-refractivity contribution in [2.45, 2.75) is 13.5 Å². The predicted octanol–water partition coefficient (Wildman–Crippen LogP) is 0.843. The highest BCUT2D eigenvalue weighted by Crippen LogP contribution is 2.06. The van der Waals surface area contributed by atoms with Crippen LogP contribution in [0, 0.1) is 6.92 Å². The molecule has 0 atom stereocenters. The van der Waals surface area contributed by atoms with Crippen molar-refractivity contribution in [1.29, 1.82) is 0 Å². The first kappa shape index (κ1) is 11.9. The molecule has 0 aliphatic heterocycles. The summed E-state index contributed by atoms with van der Waals surface area (Å²) in [6.07, 6.45) is 1.65. The lowest BCUT2D eigenvalue weighted by atomic mass is 10.4. The van der Waals surface area contributed by atoms with Crippen molar-refractivity contribution in [2.75, 3.05) is 13.1 Å². The Morgan fingerprint density at radius 2 is 2.53 bits per heavy atom. The standard InChI is InChI=1S/C10H15N3OS/c1-3-4-12-10(14)6-11-5-9-7-15-8(2)13-9/h3,7,11H,1,4-6H2,2H3,(H,12,14). The van der Waals surface area contributed by atoms with Gasteiger partial charge in [0.25, 0.3) is 0 Å². The Morgan fingerprint density at radius 1 is 1.73 bits per heavy atom. The molecule has 5 heteroatoms. The first-order chi connectivity index (χ1) is 7.22. The van der Waals surface area contributed by atoms with Crippen molar-refractivity contribution in [3.8, 4) is 0 Å². The number of carbonyl (C=O) groups excluding carboxylic acids is 1. The molecule has 0 saturated heterocycles. The third kappa shape index (κ3) is 4.71. The number of nitrogens with one attached hydrogen (secondary N) is 2. The van der Waals surface area contributed by atoms with Crippen molar-refractivity contribution < 1.29 is 4.79 Å². The molecular formula is C10H15N3OS. The second-order valence-corrected chi connectivity index (χ2v) is 4.12. The Balaban J connectivity index is 2.16. The molecule has 0 aromatic carbocycles. The fourth-order valence-corrected chi connectivity index (χ4v) is 1.65. The molecule has 0 aliphatic carbocycles. The molecule has 2 N–H and O–H groups in total. The minimum absolute atomic E-state index is 0.0261. The predicted molar refractivity (Wildman–Crippen MR) is 61.8 cm³/mol. The number of aryl methyl sites for hydroxylation is 1. The molecule has 0 saturated carbocycles. The molecule has 0 aliphatic rings. The maximum absolute atomic E-state index is 11.2. The van der Waals surface area contributed by atoms with Crippen LogP contribution < -0.4 is 10.6 Å². The van der Waals surface area contributed by atoms with Crippen LogP contribution in [0.1, 0.15) is 10.7 Å². The zero-order valence-electron chi connectivity index (χ0n) is 8.75. The minimum atomic E-state index is -0.0261. The van der Waals surface area contributed by atoms with Crippen LogP contribution in [-0.4, -0.2) is 24.0 Å². The van der Waals surface area contributed by atoms with Crippen molar-refractivity contribution in [3.63, 3.8) is 0 Å². The third-order valence-electron chi connectivity index (χ3n) is 1.70. The average Bonchev–Trinajstić information content (AvgIpc) is 2.61. The van der Waals surface area contributed by atoms with Crippen LogP contribution in [0.2, 0.25) is 0 Å². The van der Waals surface area contributed by atoms with Crippen molar-refractivity contribution in [1.82, 2.24) is 15.6 Å². The molecule has 1 aromatic heterocycles. The van der Waals surface area contributed by atoms with Gasteiger partial charge in [-0.3, -0.25) is 4.79 Å². The van der Waals surface area contributed by atoms with E-state index < -0.39 is 0 Å². The molecule has 1 rings (SSSR count). The maximum atomic E-state index is 11.2. The maximum Gasteiger partial charge on any atom is 0.234 e. The van der Waals surface area contributed by atoms with Gasteiger partial charge in [-0.1, -0.05) is 6.08 Å². The van der Waals surface area contributed by atoms with Gasteiger partial charge in [-0.2, -0.15) is 0 Å². The van der Waals surface area contributed by atoms with E-state index in [4.69, 9.17) is 0 Å². The molecule has 82 valence electrons. The molecule has 0 spiro atoms. The summed E-state index contributed by atoms with van der Waals surface area (Å²) in [5.74, 6) is -0.0261. The Morgan fingerprint density at radius 3 is 3.13 bits per heavy atom. The van der Waals surface area contributed by atoms with E-state index in [2.05, 4.69) is 22.2 Å². The van der Waals surface area contributed by atoms with Gasteiger partial charge in [0.05, 0.1) is 17.2 Å². The molecule has 0 radical (unpaired) electrons. The van der Waals surface area contributed by atoms with Crippen LogP contribution in [0.5, 0.6) is 0 Å². The van der Waals surface area contributed by atoms with E-state index in [9.17, 15) is 4.79 Å². The van der Waals surface area contributed by atoms with Gasteiger partial charge in [-0.05, 0) is 6.92 Å². The lowest BCUT2D eigenvalue weighted by Crippen LogP contribution is -2.33. The highest BCUT2D eigenvalue weighted by atomic mass is 32.1. The SMILES string of the molecule is C=CCNC(=O)CNCc1csc(C)n1. The molecule has 0 unspecified atom stereocenters. The number of thiazole rings is 1. The molecule has 0 fully saturated rings. The van der Waals surface area contributed by atoms with Gasteiger partial charge in [0, 0.05) is 18.5 Å². The normalized spacial score (nSPS) is 9.93. The van der Waals surface area contributed by atoms with E-state index in [1.165, 1.54) is 0 Å². The third-order valence-corrected chi connectivity index (χ3v) is 2.52. The van der Waals surface area contributed by atoms with Gasteiger partial charge in [0.2, 0.25) is 5.91 Å². The van der Waals surface area contributed by atoms with Crippen LogP contribution >= 0.6 is 11.3 Å². The number of hydrogen-bond donors (Lipinski definition) is 2. The molecular weight excluding hydrogens is 210 g/mol. The van der Waals surface area contributed by atoms with Crippen molar-refractivity contribution >= 4 is 17.2 Å². The van der Waals surface area contributed by atoms with Gasteiger partial charge in [-0.15, -0.1) is 17.9 Å². The number of amides is 1. The lowest BCUT2D eigenvalue weighted by Gasteiger charge is -2.02. The van der Waals surface area contributed by atoms with E-state index in [1.807, 2.05) is 12.3 Å². The second kappa shape index (κ2) is 6.31. The largest absolute Gasteiger partial charge is 0.352 e. The van der Waals surface area contributed by atoms with E-state index in [0.717, 1.165) is 10.7 Å². The Bertz CT molecular complexity index is 335. The van der Waals surface area contributed by atoms with Crippen molar-refractivity contribution in [3.05, 3.63) is 28.7 Å². The summed E-state index contributed by atoms with van der Waals surface area (Å²) in [6, 6.07) is 0. The minimum Gasteiger partial charge on any atom is -0.352 e. The Hall–Kier alpha value is -1.20. The number of rotatable bonds is 6. The second-order valence-electron chi connectivity index (χ2n) is 3.05. The zero-order chi connectivity index (χ0) is 11.1. The molecule has 1 aromatic rings. The summed E-state index contributed by atoms with van der Waals surface area (Å²) >= 11 is 1.61. The van der Waals surface area contributed by atoms with E-state index in [0.29, 0.717) is 19.6 Å². The topological polar surface area (TPSA) is 54.0 Å². The Kier molecular flexibility index (Phi) is 5.00. The lowest BCUT2D eigenvalue weighted by molar-refractivity contribution is -0.120. The fraction of sp³-hybridized carbons (Fsp3) is 0.400. The number of aromatic nitrogens is 1. The molecule has 1 heterocycles. The van der Waals surface area contributed by atoms with Gasteiger partial charge in [0.1, 0.15) is 0 Å². The summed E-state index contributed by atoms with van der Waals surface area (Å²) in [7, 11) is 0. The van der Waals surface area contributed by atoms with E-state index >= 15 is 0 Å². The quantitative estimate of drug-likeness (QED) is 0.706. The average molecular weight is 225 g/mol. The smallest absolute Gasteiger partial charge is 0.234 e. The molecule has 1 amide bonds. The van der Waals surface area contributed by atoms with Crippen LogP contribution in [0.25, 0.3) is 0 Å². The van der Waals surface area contributed by atoms with Crippen LogP contribution in [0.4, 0.5) is 0 Å². The molecule has 4 nitrogen and oxygen atoms in total. The number of hydrogen-bond acceptors (Lipinski definition) is 4. The molecule has 0 bridgehead atoms. The molecule has 15 heavy (non-hydrogen) atoms. The number of nitrogens with zero attached hydrogens (tertiary/aromatic N) is 1. The van der Waals surface area contributed by atoms with Crippen LogP contribution in [-0.2, 0) is 11.3 Å². The highest BCUT2D eigenvalue weighted by Gasteiger charge is 2.00. The zero-order valence-corrected chi connectivity index (χ0v) is 9.56. The summed E-state index contributed by atoms with van der Waals surface area (Å²) in [6.45, 7) is 6.93. The van der Waals surface area contributed by atoms with E-state index in [-0.39, 0.29) is 5.91 Å².